The number of aromatic nitrogens is 1. The average Bonchev–Trinajstić information content (AvgIpc) is 2.87. The Kier molecular flexibility index (Phi) is 4.33. The molecule has 0 bridgehead atoms. The second-order valence-electron chi connectivity index (χ2n) is 4.79. The van der Waals surface area contributed by atoms with E-state index in [-0.39, 0.29) is 11.9 Å². The van der Waals surface area contributed by atoms with E-state index in [1.165, 1.54) is 10.8 Å². The number of nitrogens with zero attached hydrogens (tertiary/aromatic N) is 1. The minimum atomic E-state index is -0.204. The van der Waals surface area contributed by atoms with E-state index in [0.29, 0.717) is 12.0 Å². The van der Waals surface area contributed by atoms with Gasteiger partial charge in [0.15, 0.2) is 0 Å². The van der Waals surface area contributed by atoms with Gasteiger partial charge in [0.25, 0.3) is 0 Å². The molecule has 2 nitrogen and oxygen atoms in total. The molecule has 1 aromatic heterocycles. The van der Waals surface area contributed by atoms with Gasteiger partial charge >= 0.3 is 0 Å². The molecule has 5 heteroatoms. The van der Waals surface area contributed by atoms with Gasteiger partial charge in [-0.25, -0.2) is 9.37 Å². The van der Waals surface area contributed by atoms with E-state index in [9.17, 15) is 4.39 Å². The maximum absolute atomic E-state index is 14.1. The van der Waals surface area contributed by atoms with Crippen molar-refractivity contribution in [3.63, 3.8) is 0 Å². The molecule has 3 rings (SSSR count). The van der Waals surface area contributed by atoms with Crippen molar-refractivity contribution in [3.05, 3.63) is 63.3 Å². The van der Waals surface area contributed by atoms with Crippen molar-refractivity contribution in [1.29, 1.82) is 0 Å². The molecule has 0 radical (unpaired) electrons. The molecule has 0 aliphatic heterocycles. The number of thiazole rings is 1. The van der Waals surface area contributed by atoms with Gasteiger partial charge in [0.2, 0.25) is 0 Å². The van der Waals surface area contributed by atoms with Crippen LogP contribution in [0, 0.1) is 5.82 Å². The SMILES string of the molecule is CNC(Cc1nc2ccccc2s1)c1ccc(Br)cc1F. The summed E-state index contributed by atoms with van der Waals surface area (Å²) in [6, 6.07) is 13.1. The van der Waals surface area contributed by atoms with Crippen molar-refractivity contribution < 1.29 is 4.39 Å². The number of fused-ring (bicyclic) bond motifs is 1. The number of rotatable bonds is 4. The number of para-hydroxylation sites is 1. The molecule has 1 heterocycles. The Balaban J connectivity index is 1.90. The van der Waals surface area contributed by atoms with Crippen LogP contribution in [-0.2, 0) is 6.42 Å². The molecule has 0 aliphatic carbocycles. The fourth-order valence-electron chi connectivity index (χ4n) is 2.33. The van der Waals surface area contributed by atoms with E-state index < -0.39 is 0 Å². The molecule has 108 valence electrons. The molecule has 1 atom stereocenters. The Morgan fingerprint density at radius 2 is 2.10 bits per heavy atom. The zero-order valence-electron chi connectivity index (χ0n) is 11.4. The second kappa shape index (κ2) is 6.22. The third kappa shape index (κ3) is 3.15. The largest absolute Gasteiger partial charge is 0.313 e. The van der Waals surface area contributed by atoms with Gasteiger partial charge in [-0.2, -0.15) is 0 Å². The van der Waals surface area contributed by atoms with Crippen molar-refractivity contribution in [2.75, 3.05) is 7.05 Å². The highest BCUT2D eigenvalue weighted by Gasteiger charge is 2.17. The van der Waals surface area contributed by atoms with Crippen LogP contribution in [0.1, 0.15) is 16.6 Å². The van der Waals surface area contributed by atoms with E-state index in [2.05, 4.69) is 32.3 Å². The summed E-state index contributed by atoms with van der Waals surface area (Å²) >= 11 is 4.95. The Hall–Kier alpha value is -1.30. The maximum Gasteiger partial charge on any atom is 0.129 e. The van der Waals surface area contributed by atoms with Gasteiger partial charge < -0.3 is 5.32 Å². The minimum Gasteiger partial charge on any atom is -0.313 e. The molecule has 0 amide bonds. The van der Waals surface area contributed by atoms with Gasteiger partial charge in [-0.3, -0.25) is 0 Å². The van der Waals surface area contributed by atoms with Crippen LogP contribution >= 0.6 is 27.3 Å². The first-order valence-corrected chi connectivity index (χ1v) is 8.25. The van der Waals surface area contributed by atoms with E-state index in [0.717, 1.165) is 15.0 Å². The van der Waals surface area contributed by atoms with Crippen molar-refractivity contribution in [2.45, 2.75) is 12.5 Å². The van der Waals surface area contributed by atoms with Crippen LogP contribution in [0.2, 0.25) is 0 Å². The van der Waals surface area contributed by atoms with Crippen LogP contribution in [0.25, 0.3) is 10.2 Å². The van der Waals surface area contributed by atoms with Gasteiger partial charge in [0.05, 0.1) is 15.2 Å². The Labute approximate surface area is 135 Å². The summed E-state index contributed by atoms with van der Waals surface area (Å²) in [5.41, 5.74) is 1.67. The van der Waals surface area contributed by atoms with Gasteiger partial charge in [-0.15, -0.1) is 11.3 Å². The van der Waals surface area contributed by atoms with E-state index in [1.807, 2.05) is 37.4 Å². The lowest BCUT2D eigenvalue weighted by Gasteiger charge is -2.16. The maximum atomic E-state index is 14.1. The van der Waals surface area contributed by atoms with Gasteiger partial charge in [-0.05, 0) is 31.3 Å². The van der Waals surface area contributed by atoms with E-state index in [4.69, 9.17) is 0 Å². The summed E-state index contributed by atoms with van der Waals surface area (Å²) < 4.78 is 16.0. The Bertz CT molecular complexity index is 739. The molecule has 0 saturated heterocycles. The van der Waals surface area contributed by atoms with Gasteiger partial charge in [0, 0.05) is 22.5 Å². The van der Waals surface area contributed by atoms with Crippen LogP contribution < -0.4 is 5.32 Å². The minimum absolute atomic E-state index is 0.0846. The molecular weight excluding hydrogens is 351 g/mol. The highest BCUT2D eigenvalue weighted by atomic mass is 79.9. The van der Waals surface area contributed by atoms with Crippen LogP contribution in [0.3, 0.4) is 0 Å². The molecule has 1 unspecified atom stereocenters. The first kappa shape index (κ1) is 14.6. The predicted molar refractivity (Wildman–Crippen MR) is 89.2 cm³/mol. The highest BCUT2D eigenvalue weighted by Crippen LogP contribution is 2.28. The standard InChI is InChI=1S/C16H14BrFN2S/c1-19-14(11-7-6-10(17)8-12(11)18)9-16-20-13-4-2-3-5-15(13)21-16/h2-8,14,19H,9H2,1H3. The normalized spacial score (nSPS) is 12.7. The molecule has 1 N–H and O–H groups in total. The van der Waals surface area contributed by atoms with Crippen LogP contribution in [0.5, 0.6) is 0 Å². The number of halogens is 2. The zero-order valence-corrected chi connectivity index (χ0v) is 13.8. The average molecular weight is 365 g/mol. The topological polar surface area (TPSA) is 24.9 Å². The first-order chi connectivity index (χ1) is 10.2. The highest BCUT2D eigenvalue weighted by molar-refractivity contribution is 9.10. The van der Waals surface area contributed by atoms with Crippen molar-refractivity contribution in [1.82, 2.24) is 10.3 Å². The molecule has 21 heavy (non-hydrogen) atoms. The smallest absolute Gasteiger partial charge is 0.129 e. The third-order valence-corrected chi connectivity index (χ3v) is 4.96. The Morgan fingerprint density at radius 1 is 1.29 bits per heavy atom. The lowest BCUT2D eigenvalue weighted by atomic mass is 10.0. The summed E-state index contributed by atoms with van der Waals surface area (Å²) in [4.78, 5) is 4.62. The number of nitrogens with one attached hydrogen (secondary N) is 1. The fourth-order valence-corrected chi connectivity index (χ4v) is 3.68. The number of hydrogen-bond donors (Lipinski definition) is 1. The lowest BCUT2D eigenvalue weighted by molar-refractivity contribution is 0.533. The summed E-state index contributed by atoms with van der Waals surface area (Å²) in [7, 11) is 1.85. The molecular formula is C16H14BrFN2S. The zero-order chi connectivity index (χ0) is 14.8. The van der Waals surface area contributed by atoms with Crippen molar-refractivity contribution >= 4 is 37.5 Å². The van der Waals surface area contributed by atoms with Crippen molar-refractivity contribution in [2.24, 2.45) is 0 Å². The lowest BCUT2D eigenvalue weighted by Crippen LogP contribution is -2.20. The fraction of sp³-hybridized carbons (Fsp3) is 0.188. The van der Waals surface area contributed by atoms with Crippen LogP contribution in [-0.4, -0.2) is 12.0 Å². The molecule has 0 saturated carbocycles. The number of benzene rings is 2. The van der Waals surface area contributed by atoms with E-state index in [1.54, 1.807) is 11.3 Å². The first-order valence-electron chi connectivity index (χ1n) is 6.64. The number of hydrogen-bond acceptors (Lipinski definition) is 3. The van der Waals surface area contributed by atoms with Crippen LogP contribution in [0.4, 0.5) is 4.39 Å². The monoisotopic (exact) mass is 364 g/mol. The number of likely N-dealkylation sites (N-methyl/N-ethyl adjacent to an activating group) is 1. The summed E-state index contributed by atoms with van der Waals surface area (Å²) in [5, 5.41) is 4.19. The van der Waals surface area contributed by atoms with Crippen LogP contribution in [0.15, 0.2) is 46.9 Å². The van der Waals surface area contributed by atoms with Gasteiger partial charge in [0.1, 0.15) is 5.82 Å². The summed E-state index contributed by atoms with van der Waals surface area (Å²) in [6.07, 6.45) is 0.675. The molecule has 0 fully saturated rings. The quantitative estimate of drug-likeness (QED) is 0.725. The van der Waals surface area contributed by atoms with Crippen molar-refractivity contribution in [3.8, 4) is 0 Å². The molecule has 0 aliphatic rings. The second-order valence-corrected chi connectivity index (χ2v) is 6.82. The predicted octanol–water partition coefficient (Wildman–Crippen LogP) is 4.70. The van der Waals surface area contributed by atoms with Gasteiger partial charge in [-0.1, -0.05) is 34.1 Å². The third-order valence-electron chi connectivity index (χ3n) is 3.40. The van der Waals surface area contributed by atoms with E-state index >= 15 is 0 Å². The Morgan fingerprint density at radius 3 is 2.81 bits per heavy atom. The molecule has 2 aromatic carbocycles. The molecule has 3 aromatic rings. The summed E-state index contributed by atoms with van der Waals surface area (Å²) in [6.45, 7) is 0. The molecule has 0 spiro atoms. The summed E-state index contributed by atoms with van der Waals surface area (Å²) in [5.74, 6) is -0.204.